The van der Waals surface area contributed by atoms with Crippen LogP contribution in [-0.2, 0) is 9.47 Å². The molecule has 0 unspecified atom stereocenters. The van der Waals surface area contributed by atoms with Crippen LogP contribution < -0.4 is 0 Å². The first-order valence-corrected chi connectivity index (χ1v) is 11.8. The maximum absolute atomic E-state index is 12.3. The smallest absolute Gasteiger partial charge is 0.338 e. The Bertz CT molecular complexity index is 1140. The number of carbonyl (C=O) groups is 2. The molecule has 0 aliphatic heterocycles. The zero-order valence-electron chi connectivity index (χ0n) is 20.3. The van der Waals surface area contributed by atoms with E-state index >= 15 is 0 Å². The lowest BCUT2D eigenvalue weighted by molar-refractivity contribution is 0.0324. The molecule has 0 aliphatic rings. The molecule has 0 spiro atoms. The fourth-order valence-corrected chi connectivity index (χ4v) is 3.43. The summed E-state index contributed by atoms with van der Waals surface area (Å²) < 4.78 is 10.8. The van der Waals surface area contributed by atoms with Gasteiger partial charge in [0.15, 0.2) is 0 Å². The molecule has 2 atom stereocenters. The summed E-state index contributed by atoms with van der Waals surface area (Å²) in [5, 5.41) is 0. The van der Waals surface area contributed by atoms with Gasteiger partial charge in [0.05, 0.1) is 23.3 Å². The van der Waals surface area contributed by atoms with Gasteiger partial charge in [-0.1, -0.05) is 62.9 Å². The summed E-state index contributed by atoms with van der Waals surface area (Å²) >= 11 is 0. The van der Waals surface area contributed by atoms with Crippen LogP contribution >= 0.6 is 0 Å². The van der Waals surface area contributed by atoms with E-state index in [2.05, 4.69) is 12.6 Å². The SMILES string of the molecule is C=Cc1cc(-c2ccc(C(=O)O[C@H](C)CC)cc2)ccc1-c1ccc(C(=O)O[C@H](C)CC)cc1. The van der Waals surface area contributed by atoms with Crippen molar-refractivity contribution in [3.05, 3.63) is 90.0 Å². The minimum absolute atomic E-state index is 0.102. The van der Waals surface area contributed by atoms with Gasteiger partial charge in [0.2, 0.25) is 0 Å². The molecular formula is C30H32O4. The van der Waals surface area contributed by atoms with Crippen LogP contribution in [-0.4, -0.2) is 24.1 Å². The van der Waals surface area contributed by atoms with Crippen LogP contribution in [0, 0.1) is 0 Å². The number of benzene rings is 3. The number of hydrogen-bond acceptors (Lipinski definition) is 4. The van der Waals surface area contributed by atoms with Gasteiger partial charge in [-0.25, -0.2) is 9.59 Å². The van der Waals surface area contributed by atoms with Gasteiger partial charge < -0.3 is 9.47 Å². The zero-order valence-corrected chi connectivity index (χ0v) is 20.3. The summed E-state index contributed by atoms with van der Waals surface area (Å²) in [6, 6.07) is 21.0. The molecular weight excluding hydrogens is 424 g/mol. The Balaban J connectivity index is 1.80. The molecule has 0 saturated heterocycles. The largest absolute Gasteiger partial charge is 0.459 e. The molecule has 0 radical (unpaired) electrons. The van der Waals surface area contributed by atoms with Crippen molar-refractivity contribution in [2.75, 3.05) is 0 Å². The van der Waals surface area contributed by atoms with Gasteiger partial charge in [-0.15, -0.1) is 0 Å². The molecule has 3 aromatic rings. The standard InChI is InChI=1S/C30H32O4/c1-6-20(4)33-29(31)25-13-9-23(10-14-25)27-17-18-28(22(8-3)19-27)24-11-15-26(16-12-24)30(32)34-21(5)7-2/h8-21H,3,6-7H2,1-2,4-5H3/t20-,21-/m1/s1. The molecule has 0 aliphatic carbocycles. The first-order valence-electron chi connectivity index (χ1n) is 11.8. The number of ether oxygens (including phenoxy) is 2. The quantitative estimate of drug-likeness (QED) is 0.312. The van der Waals surface area contributed by atoms with E-state index < -0.39 is 0 Å². The van der Waals surface area contributed by atoms with E-state index in [1.165, 1.54) is 0 Å². The van der Waals surface area contributed by atoms with Crippen LogP contribution in [0.5, 0.6) is 0 Å². The molecule has 3 rings (SSSR count). The Labute approximate surface area is 202 Å². The van der Waals surface area contributed by atoms with Gasteiger partial charge >= 0.3 is 11.9 Å². The van der Waals surface area contributed by atoms with Gasteiger partial charge in [-0.05, 0) is 84.8 Å². The summed E-state index contributed by atoms with van der Waals surface area (Å²) in [4.78, 5) is 24.5. The lowest BCUT2D eigenvalue weighted by Gasteiger charge is -2.13. The van der Waals surface area contributed by atoms with Crippen LogP contribution in [0.15, 0.2) is 73.3 Å². The van der Waals surface area contributed by atoms with Crippen LogP contribution in [0.25, 0.3) is 28.3 Å². The zero-order chi connectivity index (χ0) is 24.7. The molecule has 0 amide bonds. The second-order valence-electron chi connectivity index (χ2n) is 8.41. The Hall–Kier alpha value is -3.66. The Morgan fingerprint density at radius 3 is 1.62 bits per heavy atom. The number of rotatable bonds is 9. The topological polar surface area (TPSA) is 52.6 Å². The molecule has 0 aromatic heterocycles. The van der Waals surface area contributed by atoms with Crippen LogP contribution in [0.1, 0.15) is 66.8 Å². The fraction of sp³-hybridized carbons (Fsp3) is 0.267. The summed E-state index contributed by atoms with van der Waals surface area (Å²) in [6.07, 6.45) is 3.18. The second-order valence-corrected chi connectivity index (χ2v) is 8.41. The van der Waals surface area contributed by atoms with Crippen molar-refractivity contribution in [2.45, 2.75) is 52.7 Å². The fourth-order valence-electron chi connectivity index (χ4n) is 3.43. The minimum atomic E-state index is -0.309. The molecule has 0 saturated carbocycles. The summed E-state index contributed by atoms with van der Waals surface area (Å²) in [5.41, 5.74) is 6.09. The van der Waals surface area contributed by atoms with Crippen LogP contribution in [0.3, 0.4) is 0 Å². The molecule has 0 heterocycles. The van der Waals surface area contributed by atoms with Crippen LogP contribution in [0.4, 0.5) is 0 Å². The molecule has 4 heteroatoms. The highest BCUT2D eigenvalue weighted by molar-refractivity contribution is 5.91. The molecule has 34 heavy (non-hydrogen) atoms. The third-order valence-corrected chi connectivity index (χ3v) is 5.92. The lowest BCUT2D eigenvalue weighted by atomic mass is 9.94. The van der Waals surface area contributed by atoms with E-state index in [1.54, 1.807) is 24.3 Å². The van der Waals surface area contributed by atoms with E-state index in [0.717, 1.165) is 40.7 Å². The van der Waals surface area contributed by atoms with Crippen molar-refractivity contribution in [2.24, 2.45) is 0 Å². The molecule has 0 N–H and O–H groups in total. The van der Waals surface area contributed by atoms with Crippen molar-refractivity contribution in [3.8, 4) is 22.3 Å². The molecule has 176 valence electrons. The maximum Gasteiger partial charge on any atom is 0.338 e. The van der Waals surface area contributed by atoms with Gasteiger partial charge in [0.25, 0.3) is 0 Å². The minimum Gasteiger partial charge on any atom is -0.459 e. The Morgan fingerprint density at radius 2 is 1.18 bits per heavy atom. The average Bonchev–Trinajstić information content (AvgIpc) is 2.88. The van der Waals surface area contributed by atoms with Gasteiger partial charge in [0.1, 0.15) is 0 Å². The van der Waals surface area contributed by atoms with Gasteiger partial charge in [0, 0.05) is 0 Å². The van der Waals surface area contributed by atoms with E-state index in [9.17, 15) is 9.59 Å². The molecule has 0 bridgehead atoms. The highest BCUT2D eigenvalue weighted by Gasteiger charge is 2.13. The van der Waals surface area contributed by atoms with E-state index in [4.69, 9.17) is 9.47 Å². The second kappa shape index (κ2) is 11.5. The Morgan fingerprint density at radius 1 is 0.735 bits per heavy atom. The third-order valence-electron chi connectivity index (χ3n) is 5.92. The van der Waals surface area contributed by atoms with E-state index in [1.807, 2.05) is 70.2 Å². The Kier molecular flexibility index (Phi) is 8.42. The number of esters is 2. The molecule has 3 aromatic carbocycles. The predicted molar refractivity (Wildman–Crippen MR) is 138 cm³/mol. The first kappa shape index (κ1) is 25.0. The van der Waals surface area contributed by atoms with E-state index in [-0.39, 0.29) is 24.1 Å². The van der Waals surface area contributed by atoms with Crippen molar-refractivity contribution in [3.63, 3.8) is 0 Å². The number of hydrogen-bond donors (Lipinski definition) is 0. The highest BCUT2D eigenvalue weighted by Crippen LogP contribution is 2.30. The predicted octanol–water partition coefficient (Wildman–Crippen LogP) is 7.57. The van der Waals surface area contributed by atoms with Gasteiger partial charge in [-0.2, -0.15) is 0 Å². The van der Waals surface area contributed by atoms with Crippen LogP contribution in [0.2, 0.25) is 0 Å². The average molecular weight is 457 g/mol. The van der Waals surface area contributed by atoms with E-state index in [0.29, 0.717) is 11.1 Å². The number of carbonyl (C=O) groups excluding carboxylic acids is 2. The maximum atomic E-state index is 12.3. The van der Waals surface area contributed by atoms with Crippen molar-refractivity contribution in [1.29, 1.82) is 0 Å². The monoisotopic (exact) mass is 456 g/mol. The summed E-state index contributed by atoms with van der Waals surface area (Å²) in [6.45, 7) is 11.7. The lowest BCUT2D eigenvalue weighted by Crippen LogP contribution is -2.13. The summed E-state index contributed by atoms with van der Waals surface area (Å²) in [7, 11) is 0. The van der Waals surface area contributed by atoms with Gasteiger partial charge in [-0.3, -0.25) is 0 Å². The molecule has 0 fully saturated rings. The summed E-state index contributed by atoms with van der Waals surface area (Å²) in [5.74, 6) is -0.615. The van der Waals surface area contributed by atoms with Crippen molar-refractivity contribution < 1.29 is 19.1 Å². The third kappa shape index (κ3) is 6.02. The normalized spacial score (nSPS) is 12.5. The first-order chi connectivity index (χ1) is 16.4. The highest BCUT2D eigenvalue weighted by atomic mass is 16.5. The van der Waals surface area contributed by atoms with Crippen molar-refractivity contribution in [1.82, 2.24) is 0 Å². The van der Waals surface area contributed by atoms with Crippen molar-refractivity contribution >= 4 is 18.0 Å². The molecule has 4 nitrogen and oxygen atoms in total.